The van der Waals surface area contributed by atoms with Gasteiger partial charge >= 0.3 is 0 Å². The summed E-state index contributed by atoms with van der Waals surface area (Å²) in [6.45, 7) is 6.28. The molecule has 2 aromatic heterocycles. The Balaban J connectivity index is 1.16. The zero-order chi connectivity index (χ0) is 48.5. The average molecular weight is 944 g/mol. The van der Waals surface area contributed by atoms with Crippen LogP contribution in [0.25, 0.3) is 117 Å². The number of aromatic nitrogens is 4. The van der Waals surface area contributed by atoms with Crippen molar-refractivity contribution in [2.75, 3.05) is 0 Å². The van der Waals surface area contributed by atoms with E-state index in [0.717, 1.165) is 123 Å². The van der Waals surface area contributed by atoms with E-state index in [-0.39, 0.29) is 0 Å². The van der Waals surface area contributed by atoms with Gasteiger partial charge in [0.2, 0.25) is 0 Å². The van der Waals surface area contributed by atoms with Gasteiger partial charge in [0.25, 0.3) is 0 Å². The highest BCUT2D eigenvalue weighted by Crippen LogP contribution is 2.48. The van der Waals surface area contributed by atoms with Gasteiger partial charge in [0.15, 0.2) is 0 Å². The quantitative estimate of drug-likeness (QED) is 0.121. The van der Waals surface area contributed by atoms with Gasteiger partial charge in [-0.3, -0.25) is 9.13 Å². The van der Waals surface area contributed by atoms with Crippen molar-refractivity contribution >= 4 is 39.2 Å². The Bertz CT molecular complexity index is 3920. The molecule has 2 heterocycles. The van der Waals surface area contributed by atoms with E-state index in [9.17, 15) is 0 Å². The predicted molar refractivity (Wildman–Crippen MR) is 303 cm³/mol. The summed E-state index contributed by atoms with van der Waals surface area (Å²) in [4.78, 5) is 11.1. The summed E-state index contributed by atoms with van der Waals surface area (Å²) in [6, 6.07) is 85.3. The lowest BCUT2D eigenvalue weighted by molar-refractivity contribution is 1.07. The SMILES string of the molecule is C=C/C=C(\C)c1cc(-c2ccccc2)cc(-c2ccccc2)c1-c1nc2ccccc2n1-c1cccc(-n2c(-c3c(-c4ccccc4)cc(-c4ccccc4)cc3-c3ccccc3)nc3ccccc32)c1Cl. The van der Waals surface area contributed by atoms with E-state index in [1.807, 2.05) is 18.2 Å². The van der Waals surface area contributed by atoms with Gasteiger partial charge in [-0.25, -0.2) is 9.97 Å². The van der Waals surface area contributed by atoms with Gasteiger partial charge in [0.05, 0.1) is 38.5 Å². The number of hydrogen-bond acceptors (Lipinski definition) is 2. The first kappa shape index (κ1) is 44.1. The highest BCUT2D eigenvalue weighted by atomic mass is 35.5. The van der Waals surface area contributed by atoms with Gasteiger partial charge in [0, 0.05) is 11.1 Å². The highest BCUT2D eigenvalue weighted by molar-refractivity contribution is 6.34. The van der Waals surface area contributed by atoms with Crippen LogP contribution in [0.5, 0.6) is 0 Å². The van der Waals surface area contributed by atoms with Crippen LogP contribution in [0.1, 0.15) is 12.5 Å². The minimum atomic E-state index is 0.553. The first-order chi connectivity index (χ1) is 35.5. The number of rotatable bonds is 11. The second kappa shape index (κ2) is 19.0. The van der Waals surface area contributed by atoms with E-state index >= 15 is 0 Å². The van der Waals surface area contributed by atoms with Crippen molar-refractivity contribution in [3.8, 4) is 89.8 Å². The highest BCUT2D eigenvalue weighted by Gasteiger charge is 2.28. The van der Waals surface area contributed by atoms with Crippen LogP contribution in [0, 0.1) is 0 Å². The molecule has 10 aromatic carbocycles. The maximum atomic E-state index is 8.12. The molecule has 0 atom stereocenters. The van der Waals surface area contributed by atoms with Crippen LogP contribution in [0.4, 0.5) is 0 Å². The standard InChI is InChI=1S/C67H47ClN4/c1-3-24-45(2)53-41-51(46-25-9-4-10-26-46)42-54(48-29-13-6-14-30-48)63(53)66-69-57-35-19-21-37-59(57)71(66)61-39-23-40-62(65(61)68)72-60-38-22-20-36-58(60)70-67(72)64-55(49-31-15-7-16-32-49)43-52(47-27-11-5-12-28-47)44-56(64)50-33-17-8-18-34-50/h3-44H,1H2,2H3/b45-24+. The third kappa shape index (κ3) is 7.94. The third-order valence-electron chi connectivity index (χ3n) is 13.5. The summed E-state index contributed by atoms with van der Waals surface area (Å²) in [7, 11) is 0. The van der Waals surface area contributed by atoms with Crippen LogP contribution in [0.2, 0.25) is 5.02 Å². The molecule has 12 aromatic rings. The Morgan fingerprint density at radius 2 is 0.764 bits per heavy atom. The van der Waals surface area contributed by atoms with Crippen LogP contribution in [-0.2, 0) is 0 Å². The minimum absolute atomic E-state index is 0.553. The van der Waals surface area contributed by atoms with Crippen molar-refractivity contribution < 1.29 is 0 Å². The zero-order valence-corrected chi connectivity index (χ0v) is 40.4. The van der Waals surface area contributed by atoms with E-state index in [4.69, 9.17) is 21.6 Å². The van der Waals surface area contributed by atoms with Gasteiger partial charge < -0.3 is 0 Å². The Labute approximate surface area is 424 Å². The fourth-order valence-corrected chi connectivity index (χ4v) is 10.5. The fraction of sp³-hybridized carbons (Fsp3) is 0.0149. The first-order valence-corrected chi connectivity index (χ1v) is 24.6. The molecule has 0 unspecified atom stereocenters. The molecule has 0 saturated carbocycles. The summed E-state index contributed by atoms with van der Waals surface area (Å²) in [5, 5.41) is 0.553. The topological polar surface area (TPSA) is 35.6 Å². The second-order valence-corrected chi connectivity index (χ2v) is 18.3. The largest absolute Gasteiger partial charge is 0.291 e. The van der Waals surface area contributed by atoms with E-state index in [1.54, 1.807) is 0 Å². The molecule has 0 aliphatic heterocycles. The maximum Gasteiger partial charge on any atom is 0.147 e. The van der Waals surface area contributed by atoms with E-state index in [2.05, 4.69) is 259 Å². The van der Waals surface area contributed by atoms with Crippen LogP contribution >= 0.6 is 11.6 Å². The monoisotopic (exact) mass is 942 g/mol. The second-order valence-electron chi connectivity index (χ2n) is 17.9. The number of benzene rings is 10. The summed E-state index contributed by atoms with van der Waals surface area (Å²) < 4.78 is 4.50. The fourth-order valence-electron chi connectivity index (χ4n) is 10.2. The molecule has 0 spiro atoms. The molecule has 0 fully saturated rings. The lowest BCUT2D eigenvalue weighted by Gasteiger charge is -2.22. The van der Waals surface area contributed by atoms with Crippen molar-refractivity contribution in [2.45, 2.75) is 6.92 Å². The smallest absolute Gasteiger partial charge is 0.147 e. The molecule has 72 heavy (non-hydrogen) atoms. The molecule has 0 saturated heterocycles. The number of fused-ring (bicyclic) bond motifs is 2. The van der Waals surface area contributed by atoms with Crippen molar-refractivity contribution in [2.24, 2.45) is 0 Å². The van der Waals surface area contributed by atoms with Gasteiger partial charge in [0.1, 0.15) is 11.6 Å². The molecule has 0 aliphatic carbocycles. The first-order valence-electron chi connectivity index (χ1n) is 24.2. The molecule has 0 bridgehead atoms. The molecule has 4 nitrogen and oxygen atoms in total. The van der Waals surface area contributed by atoms with E-state index < -0.39 is 0 Å². The molecular weight excluding hydrogens is 896 g/mol. The predicted octanol–water partition coefficient (Wildman–Crippen LogP) is 18.3. The summed E-state index contributed by atoms with van der Waals surface area (Å²) >= 11 is 8.12. The maximum absolute atomic E-state index is 8.12. The lowest BCUT2D eigenvalue weighted by atomic mass is 9.87. The number of hydrogen-bond donors (Lipinski definition) is 0. The number of allylic oxidation sites excluding steroid dienone is 3. The summed E-state index contributed by atoms with van der Waals surface area (Å²) in [5.41, 5.74) is 20.1. The number of halogens is 1. The summed E-state index contributed by atoms with van der Waals surface area (Å²) in [5.74, 6) is 1.55. The Hall–Kier alpha value is -9.09. The molecule has 0 aliphatic rings. The van der Waals surface area contributed by atoms with Crippen molar-refractivity contribution in [3.63, 3.8) is 0 Å². The van der Waals surface area contributed by atoms with Gasteiger partial charge in [-0.15, -0.1) is 0 Å². The molecular formula is C67H47ClN4. The molecule has 5 heteroatoms. The van der Waals surface area contributed by atoms with Gasteiger partial charge in [-0.05, 0) is 134 Å². The molecule has 0 amide bonds. The Kier molecular flexibility index (Phi) is 11.7. The zero-order valence-electron chi connectivity index (χ0n) is 39.6. The van der Waals surface area contributed by atoms with Crippen molar-refractivity contribution in [1.82, 2.24) is 19.1 Å². The molecule has 0 N–H and O–H groups in total. The molecule has 342 valence electrons. The van der Waals surface area contributed by atoms with Crippen LogP contribution < -0.4 is 0 Å². The van der Waals surface area contributed by atoms with Crippen LogP contribution in [-0.4, -0.2) is 19.1 Å². The number of imidazole rings is 2. The lowest BCUT2D eigenvalue weighted by Crippen LogP contribution is -2.06. The average Bonchev–Trinajstić information content (AvgIpc) is 4.03. The van der Waals surface area contributed by atoms with Gasteiger partial charge in [-0.1, -0.05) is 212 Å². The van der Waals surface area contributed by atoms with Crippen molar-refractivity contribution in [3.05, 3.63) is 272 Å². The van der Waals surface area contributed by atoms with Crippen molar-refractivity contribution in [1.29, 1.82) is 0 Å². The normalized spacial score (nSPS) is 11.6. The Morgan fingerprint density at radius 3 is 1.19 bits per heavy atom. The Morgan fingerprint density at radius 1 is 0.403 bits per heavy atom. The summed E-state index contributed by atoms with van der Waals surface area (Å²) in [6.07, 6.45) is 3.93. The van der Waals surface area contributed by atoms with E-state index in [0.29, 0.717) is 5.02 Å². The van der Waals surface area contributed by atoms with Gasteiger partial charge in [-0.2, -0.15) is 0 Å². The molecule has 12 rings (SSSR count). The third-order valence-corrected chi connectivity index (χ3v) is 13.9. The molecule has 0 radical (unpaired) electrons. The number of para-hydroxylation sites is 4. The van der Waals surface area contributed by atoms with E-state index in [1.165, 1.54) is 0 Å². The van der Waals surface area contributed by atoms with Crippen LogP contribution in [0.3, 0.4) is 0 Å². The minimum Gasteiger partial charge on any atom is -0.291 e. The number of nitrogens with zero attached hydrogens (tertiary/aromatic N) is 4. The van der Waals surface area contributed by atoms with Crippen LogP contribution in [0.15, 0.2) is 261 Å².